The van der Waals surface area contributed by atoms with Gasteiger partial charge in [0.25, 0.3) is 10.0 Å². The molecule has 2 N–H and O–H groups in total. The van der Waals surface area contributed by atoms with Gasteiger partial charge in [-0.3, -0.25) is 4.72 Å². The van der Waals surface area contributed by atoms with Gasteiger partial charge in [0.15, 0.2) is 5.82 Å². The minimum absolute atomic E-state index is 0.0336. The maximum absolute atomic E-state index is 13.2. The number of aromatic carboxylic acids is 1. The van der Waals surface area contributed by atoms with Crippen molar-refractivity contribution in [3.63, 3.8) is 0 Å². The van der Waals surface area contributed by atoms with Crippen LogP contribution < -0.4 is 4.72 Å². The van der Waals surface area contributed by atoms with E-state index >= 15 is 0 Å². The Morgan fingerprint density at radius 1 is 1.30 bits per heavy atom. The van der Waals surface area contributed by atoms with E-state index in [-0.39, 0.29) is 10.7 Å². The normalized spacial score (nSPS) is 11.1. The van der Waals surface area contributed by atoms with Gasteiger partial charge in [-0.1, -0.05) is 0 Å². The fourth-order valence-electron chi connectivity index (χ4n) is 1.39. The van der Waals surface area contributed by atoms with Gasteiger partial charge in [0, 0.05) is 6.20 Å². The number of carboxylic acids is 1. The van der Waals surface area contributed by atoms with Crippen LogP contribution in [0.1, 0.15) is 10.4 Å². The number of hydrogen-bond acceptors (Lipinski definition) is 5. The number of benzene rings is 1. The fraction of sp³-hybridized carbons (Fsp3) is 0. The molecule has 7 nitrogen and oxygen atoms in total. The quantitative estimate of drug-likeness (QED) is 0.875. The molecular formula is C11H8FN3O4S. The fourth-order valence-corrected chi connectivity index (χ4v) is 2.41. The predicted octanol–water partition coefficient (Wildman–Crippen LogP) is 1.11. The van der Waals surface area contributed by atoms with E-state index in [0.29, 0.717) is 0 Å². The summed E-state index contributed by atoms with van der Waals surface area (Å²) in [6.07, 6.45) is 1.36. The van der Waals surface area contributed by atoms with Gasteiger partial charge >= 0.3 is 5.97 Å². The first-order valence-corrected chi connectivity index (χ1v) is 6.72. The van der Waals surface area contributed by atoms with Crippen LogP contribution in [0.3, 0.4) is 0 Å². The molecule has 0 radical (unpaired) electrons. The van der Waals surface area contributed by atoms with Crippen molar-refractivity contribution >= 4 is 21.8 Å². The molecule has 0 saturated heterocycles. The zero-order valence-electron chi connectivity index (χ0n) is 9.82. The molecule has 2 rings (SSSR count). The third kappa shape index (κ3) is 2.88. The molecule has 0 bridgehead atoms. The lowest BCUT2D eigenvalue weighted by atomic mass is 10.2. The molecule has 20 heavy (non-hydrogen) atoms. The Kier molecular flexibility index (Phi) is 3.61. The molecule has 0 atom stereocenters. The summed E-state index contributed by atoms with van der Waals surface area (Å²) in [6, 6.07) is 5.30. The molecule has 0 unspecified atom stereocenters. The molecule has 0 aliphatic rings. The van der Waals surface area contributed by atoms with E-state index < -0.39 is 27.4 Å². The van der Waals surface area contributed by atoms with Crippen molar-refractivity contribution in [2.45, 2.75) is 4.90 Å². The van der Waals surface area contributed by atoms with Gasteiger partial charge in [-0.05, 0) is 30.3 Å². The molecule has 0 aliphatic carbocycles. The molecular weight excluding hydrogens is 289 g/mol. The third-order valence-corrected chi connectivity index (χ3v) is 3.64. The third-order valence-electron chi connectivity index (χ3n) is 2.29. The maximum atomic E-state index is 13.2. The summed E-state index contributed by atoms with van der Waals surface area (Å²) in [5, 5.41) is 15.8. The summed E-state index contributed by atoms with van der Waals surface area (Å²) in [4.78, 5) is 10.4. The number of sulfonamides is 1. The first-order chi connectivity index (χ1) is 9.40. The molecule has 9 heteroatoms. The van der Waals surface area contributed by atoms with Crippen molar-refractivity contribution in [3.05, 3.63) is 47.9 Å². The highest BCUT2D eigenvalue weighted by Crippen LogP contribution is 2.17. The van der Waals surface area contributed by atoms with E-state index in [2.05, 4.69) is 14.9 Å². The Morgan fingerprint density at radius 3 is 2.65 bits per heavy atom. The van der Waals surface area contributed by atoms with Crippen LogP contribution in [0.2, 0.25) is 0 Å². The Balaban J connectivity index is 2.40. The van der Waals surface area contributed by atoms with E-state index in [4.69, 9.17) is 5.11 Å². The average molecular weight is 297 g/mol. The first-order valence-electron chi connectivity index (χ1n) is 5.23. The lowest BCUT2D eigenvalue weighted by molar-refractivity contribution is 0.0691. The molecule has 0 amide bonds. The minimum Gasteiger partial charge on any atom is -0.478 e. The van der Waals surface area contributed by atoms with Crippen molar-refractivity contribution in [2.24, 2.45) is 0 Å². The number of rotatable bonds is 4. The molecule has 1 aromatic heterocycles. The van der Waals surface area contributed by atoms with E-state index in [1.54, 1.807) is 0 Å². The molecule has 0 aliphatic heterocycles. The Labute approximate surface area is 113 Å². The second-order valence-corrected chi connectivity index (χ2v) is 5.34. The number of carboxylic acid groups (broad SMARTS) is 1. The second-order valence-electron chi connectivity index (χ2n) is 3.66. The molecule has 104 valence electrons. The van der Waals surface area contributed by atoms with Crippen LogP contribution in [0, 0.1) is 5.82 Å². The average Bonchev–Trinajstić information content (AvgIpc) is 2.39. The van der Waals surface area contributed by atoms with Crippen LogP contribution in [-0.2, 0) is 10.0 Å². The van der Waals surface area contributed by atoms with Crippen molar-refractivity contribution in [1.29, 1.82) is 0 Å². The van der Waals surface area contributed by atoms with Crippen LogP contribution in [0.5, 0.6) is 0 Å². The Hall–Kier alpha value is -2.55. The molecule has 0 saturated carbocycles. The van der Waals surface area contributed by atoms with E-state index in [1.165, 1.54) is 18.3 Å². The Morgan fingerprint density at radius 2 is 2.05 bits per heavy atom. The monoisotopic (exact) mass is 297 g/mol. The lowest BCUT2D eigenvalue weighted by Gasteiger charge is -2.07. The number of halogens is 1. The van der Waals surface area contributed by atoms with Gasteiger partial charge in [0.05, 0.1) is 10.5 Å². The summed E-state index contributed by atoms with van der Waals surface area (Å²) in [6.45, 7) is 0. The maximum Gasteiger partial charge on any atom is 0.338 e. The van der Waals surface area contributed by atoms with Crippen molar-refractivity contribution in [3.8, 4) is 0 Å². The largest absolute Gasteiger partial charge is 0.478 e. The van der Waals surface area contributed by atoms with Crippen molar-refractivity contribution in [2.75, 3.05) is 4.72 Å². The van der Waals surface area contributed by atoms with Crippen LogP contribution in [-0.4, -0.2) is 29.7 Å². The molecule has 1 heterocycles. The van der Waals surface area contributed by atoms with Gasteiger partial charge in [-0.15, -0.1) is 5.10 Å². The SMILES string of the molecule is O=C(O)c1cc(S(=O)(=O)Nc2cccnn2)ccc1F. The van der Waals surface area contributed by atoms with E-state index in [9.17, 15) is 17.6 Å². The molecule has 0 fully saturated rings. The summed E-state index contributed by atoms with van der Waals surface area (Å²) in [5.74, 6) is -2.61. The molecule has 0 spiro atoms. The molecule has 2 aromatic rings. The van der Waals surface area contributed by atoms with Crippen LogP contribution in [0.15, 0.2) is 41.4 Å². The number of hydrogen-bond donors (Lipinski definition) is 2. The smallest absolute Gasteiger partial charge is 0.338 e. The number of carbonyl (C=O) groups is 1. The summed E-state index contributed by atoms with van der Waals surface area (Å²) in [7, 11) is -4.07. The van der Waals surface area contributed by atoms with E-state index in [0.717, 1.165) is 18.2 Å². The highest BCUT2D eigenvalue weighted by Gasteiger charge is 2.19. The molecule has 1 aromatic carbocycles. The number of anilines is 1. The minimum atomic E-state index is -4.07. The van der Waals surface area contributed by atoms with Crippen LogP contribution in [0.4, 0.5) is 10.2 Å². The van der Waals surface area contributed by atoms with Crippen molar-refractivity contribution < 1.29 is 22.7 Å². The standard InChI is InChI=1S/C11H8FN3O4S/c12-9-4-3-7(6-8(9)11(16)17)20(18,19)15-10-2-1-5-13-14-10/h1-6H,(H,14,15)(H,16,17). The van der Waals surface area contributed by atoms with Gasteiger partial charge in [0.1, 0.15) is 5.82 Å². The summed E-state index contributed by atoms with van der Waals surface area (Å²) >= 11 is 0. The first kappa shape index (κ1) is 13.9. The second kappa shape index (κ2) is 5.21. The van der Waals surface area contributed by atoms with E-state index in [1.807, 2.05) is 0 Å². The summed E-state index contributed by atoms with van der Waals surface area (Å²) in [5.41, 5.74) is -0.730. The van der Waals surface area contributed by atoms with Crippen LogP contribution in [0.25, 0.3) is 0 Å². The van der Waals surface area contributed by atoms with Crippen molar-refractivity contribution in [1.82, 2.24) is 10.2 Å². The predicted molar refractivity (Wildman–Crippen MR) is 66.2 cm³/mol. The summed E-state index contributed by atoms with van der Waals surface area (Å²) < 4.78 is 39.3. The lowest BCUT2D eigenvalue weighted by Crippen LogP contribution is -2.15. The zero-order chi connectivity index (χ0) is 14.8. The highest BCUT2D eigenvalue weighted by molar-refractivity contribution is 7.92. The van der Waals surface area contributed by atoms with Gasteiger partial charge in [-0.2, -0.15) is 5.10 Å². The highest BCUT2D eigenvalue weighted by atomic mass is 32.2. The number of nitrogens with one attached hydrogen (secondary N) is 1. The Bertz CT molecular complexity index is 750. The van der Waals surface area contributed by atoms with Gasteiger partial charge in [0.2, 0.25) is 0 Å². The van der Waals surface area contributed by atoms with Gasteiger partial charge in [-0.25, -0.2) is 17.6 Å². The van der Waals surface area contributed by atoms with Gasteiger partial charge < -0.3 is 5.11 Å². The van der Waals surface area contributed by atoms with Crippen LogP contribution >= 0.6 is 0 Å². The number of nitrogens with zero attached hydrogens (tertiary/aromatic N) is 2. The zero-order valence-corrected chi connectivity index (χ0v) is 10.6. The topological polar surface area (TPSA) is 109 Å². The number of aromatic nitrogens is 2.